The van der Waals surface area contributed by atoms with Crippen LogP contribution in [0.5, 0.6) is 23.0 Å². The van der Waals surface area contributed by atoms with Crippen molar-refractivity contribution < 1.29 is 33.6 Å². The molecule has 5 rings (SSSR count). The molecule has 218 valence electrons. The van der Waals surface area contributed by atoms with Crippen molar-refractivity contribution in [2.75, 3.05) is 32.8 Å². The van der Waals surface area contributed by atoms with E-state index in [1.165, 1.54) is 30.5 Å². The number of unbranched alkanes of at least 4 members (excludes halogenated alkanes) is 2. The highest BCUT2D eigenvalue weighted by Gasteiger charge is 2.48. The summed E-state index contributed by atoms with van der Waals surface area (Å²) in [5.74, 6) is 0.204. The van der Waals surface area contributed by atoms with E-state index in [0.717, 1.165) is 24.0 Å². The molecule has 3 aromatic carbocycles. The molecule has 1 fully saturated rings. The Morgan fingerprint density at radius 3 is 2.45 bits per heavy atom. The van der Waals surface area contributed by atoms with Crippen molar-refractivity contribution in [3.05, 3.63) is 77.4 Å². The van der Waals surface area contributed by atoms with Crippen molar-refractivity contribution in [3.63, 3.8) is 0 Å². The van der Waals surface area contributed by atoms with Crippen LogP contribution >= 0.6 is 11.3 Å². The minimum Gasteiger partial charge on any atom is -0.507 e. The van der Waals surface area contributed by atoms with Gasteiger partial charge in [0.25, 0.3) is 5.78 Å². The summed E-state index contributed by atoms with van der Waals surface area (Å²) in [6, 6.07) is 16.4. The first-order valence-corrected chi connectivity index (χ1v) is 14.4. The van der Waals surface area contributed by atoms with Crippen molar-refractivity contribution in [1.82, 2.24) is 4.98 Å². The third-order valence-corrected chi connectivity index (χ3v) is 8.10. The molecule has 1 atom stereocenters. The largest absolute Gasteiger partial charge is 0.507 e. The fraction of sp³-hybridized carbons (Fsp3) is 0.281. The maximum Gasteiger partial charge on any atom is 0.301 e. The summed E-state index contributed by atoms with van der Waals surface area (Å²) in [6.07, 6.45) is 3.03. The second-order valence-corrected chi connectivity index (χ2v) is 10.7. The molecule has 1 unspecified atom stereocenters. The zero-order valence-corrected chi connectivity index (χ0v) is 24.7. The van der Waals surface area contributed by atoms with E-state index in [9.17, 15) is 14.7 Å². The van der Waals surface area contributed by atoms with Gasteiger partial charge in [0.2, 0.25) is 0 Å². The van der Waals surface area contributed by atoms with Crippen LogP contribution in [0.25, 0.3) is 16.0 Å². The van der Waals surface area contributed by atoms with Crippen LogP contribution in [0.3, 0.4) is 0 Å². The predicted molar refractivity (Wildman–Crippen MR) is 162 cm³/mol. The summed E-state index contributed by atoms with van der Waals surface area (Å²) >= 11 is 1.25. The van der Waals surface area contributed by atoms with Gasteiger partial charge < -0.3 is 24.1 Å². The number of carbonyl (C=O) groups excluding carboxylic acids is 2. The topological polar surface area (TPSA) is 107 Å². The smallest absolute Gasteiger partial charge is 0.301 e. The predicted octanol–water partition coefficient (Wildman–Crippen LogP) is 6.52. The lowest BCUT2D eigenvalue weighted by Gasteiger charge is -2.24. The van der Waals surface area contributed by atoms with Gasteiger partial charge in [0.1, 0.15) is 17.3 Å². The summed E-state index contributed by atoms with van der Waals surface area (Å²) in [5.41, 5.74) is 1.48. The lowest BCUT2D eigenvalue weighted by Crippen LogP contribution is -2.29. The van der Waals surface area contributed by atoms with Crippen LogP contribution in [0.4, 0.5) is 5.13 Å². The van der Waals surface area contributed by atoms with Crippen LogP contribution in [0, 0.1) is 0 Å². The molecule has 0 aliphatic carbocycles. The number of ether oxygens (including phenoxy) is 4. The van der Waals surface area contributed by atoms with Gasteiger partial charge in [0.05, 0.1) is 49.8 Å². The number of methoxy groups -OCH3 is 3. The van der Waals surface area contributed by atoms with Gasteiger partial charge in [-0.05, 0) is 54.4 Å². The third-order valence-electron chi connectivity index (χ3n) is 7.09. The number of hydrogen-bond donors (Lipinski definition) is 1. The highest BCUT2D eigenvalue weighted by atomic mass is 32.1. The molecule has 2 heterocycles. The summed E-state index contributed by atoms with van der Waals surface area (Å²) in [4.78, 5) is 33.3. The molecule has 42 heavy (non-hydrogen) atoms. The van der Waals surface area contributed by atoms with E-state index < -0.39 is 17.7 Å². The fourth-order valence-corrected chi connectivity index (χ4v) is 5.92. The number of hydrogen-bond acceptors (Lipinski definition) is 9. The Balaban J connectivity index is 1.66. The Labute approximate surface area is 247 Å². The number of thiazole rings is 1. The van der Waals surface area contributed by atoms with Crippen LogP contribution in [0.1, 0.15) is 43.4 Å². The number of Topliss-reactive ketones (excluding diaryl/α,β-unsaturated/α-hetero) is 1. The number of benzene rings is 3. The molecule has 10 heteroatoms. The maximum atomic E-state index is 13.7. The van der Waals surface area contributed by atoms with Gasteiger partial charge in [0, 0.05) is 5.56 Å². The SMILES string of the molecule is CCCCCOc1ccc(C2/C(=C(\O)c3cccc(OC)c3)C(=O)C(=O)N2c2nc3ccc(OC)cc3s2)cc1OC. The monoisotopic (exact) mass is 588 g/mol. The average Bonchev–Trinajstić information content (AvgIpc) is 3.56. The number of aliphatic hydroxyl groups is 1. The molecular formula is C32H32N2O7S. The molecular weight excluding hydrogens is 556 g/mol. The molecule has 1 aliphatic rings. The van der Waals surface area contributed by atoms with E-state index in [1.54, 1.807) is 61.7 Å². The Bertz CT molecular complexity index is 1660. The second-order valence-electron chi connectivity index (χ2n) is 9.70. The van der Waals surface area contributed by atoms with Gasteiger partial charge >= 0.3 is 5.91 Å². The molecule has 9 nitrogen and oxygen atoms in total. The van der Waals surface area contributed by atoms with Crippen molar-refractivity contribution >= 4 is 44.1 Å². The number of fused-ring (bicyclic) bond motifs is 1. The molecule has 1 saturated heterocycles. The van der Waals surface area contributed by atoms with Crippen LogP contribution in [0.2, 0.25) is 0 Å². The van der Waals surface area contributed by atoms with Gasteiger partial charge in [-0.2, -0.15) is 0 Å². The normalized spacial score (nSPS) is 16.2. The van der Waals surface area contributed by atoms with Crippen LogP contribution in [-0.4, -0.2) is 49.7 Å². The number of nitrogens with zero attached hydrogens (tertiary/aromatic N) is 2. The number of aromatic nitrogens is 1. The lowest BCUT2D eigenvalue weighted by atomic mass is 9.95. The number of carbonyl (C=O) groups is 2. The maximum absolute atomic E-state index is 13.7. The van der Waals surface area contributed by atoms with Crippen molar-refractivity contribution in [1.29, 1.82) is 0 Å². The number of aliphatic hydroxyl groups excluding tert-OH is 1. The highest BCUT2D eigenvalue weighted by molar-refractivity contribution is 7.22. The van der Waals surface area contributed by atoms with Crippen LogP contribution in [-0.2, 0) is 9.59 Å². The highest BCUT2D eigenvalue weighted by Crippen LogP contribution is 2.46. The minimum absolute atomic E-state index is 0.0660. The van der Waals surface area contributed by atoms with Crippen LogP contribution < -0.4 is 23.8 Å². The number of ketones is 1. The molecule has 4 aromatic rings. The Hall–Kier alpha value is -4.57. The van der Waals surface area contributed by atoms with Gasteiger partial charge in [0.15, 0.2) is 16.6 Å². The van der Waals surface area contributed by atoms with E-state index in [0.29, 0.717) is 51.4 Å². The standard InChI is InChI=1S/C32H32N2O7S/c1-5-6-7-15-41-24-14-11-19(17-25(24)40-4)28-27(29(35)20-9-8-10-21(16-20)38-2)30(36)31(37)34(28)32-33-23-13-12-22(39-3)18-26(23)42-32/h8-14,16-18,28,35H,5-7,15H2,1-4H3/b29-27+. The van der Waals surface area contributed by atoms with Crippen molar-refractivity contribution in [2.24, 2.45) is 0 Å². The van der Waals surface area contributed by atoms with Gasteiger partial charge in [-0.1, -0.05) is 49.3 Å². The average molecular weight is 589 g/mol. The minimum atomic E-state index is -0.985. The molecule has 1 N–H and O–H groups in total. The molecule has 1 aromatic heterocycles. The molecule has 1 aliphatic heterocycles. The van der Waals surface area contributed by atoms with E-state index in [1.807, 2.05) is 6.07 Å². The first kappa shape index (κ1) is 28.9. The molecule has 0 spiro atoms. The zero-order valence-electron chi connectivity index (χ0n) is 23.9. The fourth-order valence-electron chi connectivity index (χ4n) is 4.90. The summed E-state index contributed by atoms with van der Waals surface area (Å²) < 4.78 is 23.1. The zero-order chi connectivity index (χ0) is 29.8. The van der Waals surface area contributed by atoms with Gasteiger partial charge in [-0.15, -0.1) is 0 Å². The second kappa shape index (κ2) is 12.5. The quantitative estimate of drug-likeness (QED) is 0.0914. The molecule has 1 amide bonds. The lowest BCUT2D eigenvalue weighted by molar-refractivity contribution is -0.132. The van der Waals surface area contributed by atoms with Crippen molar-refractivity contribution in [2.45, 2.75) is 32.2 Å². The van der Waals surface area contributed by atoms with E-state index in [2.05, 4.69) is 11.9 Å². The third kappa shape index (κ3) is 5.49. The summed E-state index contributed by atoms with van der Waals surface area (Å²) in [7, 11) is 4.62. The molecule has 0 saturated carbocycles. The number of rotatable bonds is 11. The van der Waals surface area contributed by atoms with Gasteiger partial charge in [-0.25, -0.2) is 4.98 Å². The molecule has 0 radical (unpaired) electrons. The number of anilines is 1. The first-order valence-electron chi connectivity index (χ1n) is 13.6. The Kier molecular flexibility index (Phi) is 8.63. The summed E-state index contributed by atoms with van der Waals surface area (Å²) in [6.45, 7) is 2.66. The van der Waals surface area contributed by atoms with Crippen LogP contribution in [0.15, 0.2) is 66.2 Å². The summed E-state index contributed by atoms with van der Waals surface area (Å²) in [5, 5.41) is 11.8. The Morgan fingerprint density at radius 2 is 1.71 bits per heavy atom. The van der Waals surface area contributed by atoms with Crippen molar-refractivity contribution in [3.8, 4) is 23.0 Å². The van der Waals surface area contributed by atoms with E-state index >= 15 is 0 Å². The molecule has 0 bridgehead atoms. The Morgan fingerprint density at radius 1 is 0.929 bits per heavy atom. The number of amides is 1. The van der Waals surface area contributed by atoms with E-state index in [4.69, 9.17) is 18.9 Å². The van der Waals surface area contributed by atoms with E-state index in [-0.39, 0.29) is 11.3 Å². The first-order chi connectivity index (χ1) is 20.4. The van der Waals surface area contributed by atoms with Gasteiger partial charge in [-0.3, -0.25) is 14.5 Å².